The van der Waals surface area contributed by atoms with Gasteiger partial charge in [0.1, 0.15) is 0 Å². The molecule has 20 heavy (non-hydrogen) atoms. The SMILES string of the molecule is CN(C)C(=O)CCNC(=O)C1CCCc2ccccc21. The van der Waals surface area contributed by atoms with Crippen LogP contribution in [-0.2, 0) is 16.0 Å². The average Bonchev–Trinajstić information content (AvgIpc) is 2.46. The fourth-order valence-electron chi connectivity index (χ4n) is 2.67. The highest BCUT2D eigenvalue weighted by Crippen LogP contribution is 2.31. The average molecular weight is 274 g/mol. The zero-order chi connectivity index (χ0) is 14.5. The van der Waals surface area contributed by atoms with Gasteiger partial charge in [0.05, 0.1) is 5.92 Å². The maximum absolute atomic E-state index is 12.3. The molecule has 0 spiro atoms. The second-order valence-electron chi connectivity index (χ2n) is 5.47. The Labute approximate surface area is 120 Å². The zero-order valence-corrected chi connectivity index (χ0v) is 12.2. The Balaban J connectivity index is 1.92. The van der Waals surface area contributed by atoms with Gasteiger partial charge >= 0.3 is 0 Å². The third-order valence-corrected chi connectivity index (χ3v) is 3.82. The Bertz CT molecular complexity index is 497. The minimum atomic E-state index is -0.0607. The van der Waals surface area contributed by atoms with Crippen molar-refractivity contribution in [3.05, 3.63) is 35.4 Å². The van der Waals surface area contributed by atoms with Crippen LogP contribution in [0.25, 0.3) is 0 Å². The second kappa shape index (κ2) is 6.55. The number of carbonyl (C=O) groups is 2. The maximum Gasteiger partial charge on any atom is 0.227 e. The van der Waals surface area contributed by atoms with E-state index in [0.29, 0.717) is 13.0 Å². The molecule has 0 saturated heterocycles. The summed E-state index contributed by atoms with van der Waals surface area (Å²) in [7, 11) is 3.45. The molecule has 108 valence electrons. The van der Waals surface area contributed by atoms with E-state index in [-0.39, 0.29) is 17.7 Å². The van der Waals surface area contributed by atoms with Gasteiger partial charge in [0.25, 0.3) is 0 Å². The van der Waals surface area contributed by atoms with E-state index in [9.17, 15) is 9.59 Å². The molecular weight excluding hydrogens is 252 g/mol. The summed E-state index contributed by atoms with van der Waals surface area (Å²) in [5.74, 6) is 0.0208. The van der Waals surface area contributed by atoms with Gasteiger partial charge in [-0.3, -0.25) is 9.59 Å². The van der Waals surface area contributed by atoms with Gasteiger partial charge in [0.15, 0.2) is 0 Å². The normalized spacial score (nSPS) is 17.2. The topological polar surface area (TPSA) is 49.4 Å². The molecule has 2 rings (SSSR count). The summed E-state index contributed by atoms with van der Waals surface area (Å²) < 4.78 is 0. The van der Waals surface area contributed by atoms with Crippen LogP contribution in [0.1, 0.15) is 36.3 Å². The first-order chi connectivity index (χ1) is 9.59. The number of amides is 2. The predicted octanol–water partition coefficient (Wildman–Crippen LogP) is 1.70. The number of nitrogens with one attached hydrogen (secondary N) is 1. The van der Waals surface area contributed by atoms with Crippen LogP contribution in [0, 0.1) is 0 Å². The number of benzene rings is 1. The molecule has 1 aliphatic carbocycles. The van der Waals surface area contributed by atoms with Crippen molar-refractivity contribution < 1.29 is 9.59 Å². The van der Waals surface area contributed by atoms with Gasteiger partial charge in [-0.15, -0.1) is 0 Å². The summed E-state index contributed by atoms with van der Waals surface area (Å²) in [4.78, 5) is 25.3. The van der Waals surface area contributed by atoms with Crippen molar-refractivity contribution in [3.8, 4) is 0 Å². The van der Waals surface area contributed by atoms with E-state index in [1.807, 2.05) is 18.2 Å². The van der Waals surface area contributed by atoms with Crippen molar-refractivity contribution in [1.82, 2.24) is 10.2 Å². The summed E-state index contributed by atoms with van der Waals surface area (Å²) in [5.41, 5.74) is 2.43. The van der Waals surface area contributed by atoms with Gasteiger partial charge in [0.2, 0.25) is 11.8 Å². The van der Waals surface area contributed by atoms with E-state index < -0.39 is 0 Å². The molecular formula is C16H22N2O2. The van der Waals surface area contributed by atoms with Crippen LogP contribution >= 0.6 is 0 Å². The fraction of sp³-hybridized carbons (Fsp3) is 0.500. The number of rotatable bonds is 4. The van der Waals surface area contributed by atoms with Crippen molar-refractivity contribution in [2.75, 3.05) is 20.6 Å². The number of hydrogen-bond donors (Lipinski definition) is 1. The van der Waals surface area contributed by atoms with E-state index in [1.54, 1.807) is 19.0 Å². The van der Waals surface area contributed by atoms with E-state index in [4.69, 9.17) is 0 Å². The van der Waals surface area contributed by atoms with Crippen molar-refractivity contribution >= 4 is 11.8 Å². The molecule has 0 heterocycles. The van der Waals surface area contributed by atoms with Crippen LogP contribution in [0.15, 0.2) is 24.3 Å². The fourth-order valence-corrected chi connectivity index (χ4v) is 2.67. The van der Waals surface area contributed by atoms with Gasteiger partial charge in [0, 0.05) is 27.1 Å². The van der Waals surface area contributed by atoms with Crippen LogP contribution in [0.5, 0.6) is 0 Å². The van der Waals surface area contributed by atoms with Gasteiger partial charge in [-0.2, -0.15) is 0 Å². The Hall–Kier alpha value is -1.84. The van der Waals surface area contributed by atoms with Crippen molar-refractivity contribution in [1.29, 1.82) is 0 Å². The lowest BCUT2D eigenvalue weighted by Crippen LogP contribution is -2.34. The molecule has 1 aromatic rings. The van der Waals surface area contributed by atoms with Crippen LogP contribution in [0.2, 0.25) is 0 Å². The zero-order valence-electron chi connectivity index (χ0n) is 12.2. The first-order valence-electron chi connectivity index (χ1n) is 7.15. The molecule has 1 aliphatic rings. The standard InChI is InChI=1S/C16H22N2O2/c1-18(2)15(19)10-11-17-16(20)14-9-5-7-12-6-3-4-8-13(12)14/h3-4,6,8,14H,5,7,9-11H2,1-2H3,(H,17,20). The molecule has 0 aromatic heterocycles. The smallest absolute Gasteiger partial charge is 0.227 e. The van der Waals surface area contributed by atoms with Crippen LogP contribution < -0.4 is 5.32 Å². The molecule has 0 fully saturated rings. The van der Waals surface area contributed by atoms with Crippen molar-refractivity contribution in [2.24, 2.45) is 0 Å². The summed E-state index contributed by atoms with van der Waals surface area (Å²) in [6.45, 7) is 0.411. The molecule has 0 bridgehead atoms. The van der Waals surface area contributed by atoms with Gasteiger partial charge in [-0.1, -0.05) is 24.3 Å². The van der Waals surface area contributed by atoms with E-state index in [1.165, 1.54) is 5.56 Å². The summed E-state index contributed by atoms with van der Waals surface area (Å²) >= 11 is 0. The lowest BCUT2D eigenvalue weighted by molar-refractivity contribution is -0.128. The van der Waals surface area contributed by atoms with E-state index in [2.05, 4.69) is 11.4 Å². The number of carbonyl (C=O) groups excluding carboxylic acids is 2. The predicted molar refractivity (Wildman–Crippen MR) is 78.4 cm³/mol. The Morgan fingerprint density at radius 3 is 2.80 bits per heavy atom. The molecule has 2 amide bonds. The Morgan fingerprint density at radius 2 is 2.05 bits per heavy atom. The third kappa shape index (κ3) is 3.38. The molecule has 1 atom stereocenters. The number of aryl methyl sites for hydroxylation is 1. The maximum atomic E-state index is 12.3. The van der Waals surface area contributed by atoms with Gasteiger partial charge in [-0.25, -0.2) is 0 Å². The number of hydrogen-bond acceptors (Lipinski definition) is 2. The Kier molecular flexibility index (Phi) is 4.77. The molecule has 4 nitrogen and oxygen atoms in total. The molecule has 1 N–H and O–H groups in total. The highest BCUT2D eigenvalue weighted by molar-refractivity contribution is 5.85. The van der Waals surface area contributed by atoms with Crippen LogP contribution in [0.3, 0.4) is 0 Å². The van der Waals surface area contributed by atoms with Crippen molar-refractivity contribution in [3.63, 3.8) is 0 Å². The first-order valence-corrected chi connectivity index (χ1v) is 7.15. The monoisotopic (exact) mass is 274 g/mol. The molecule has 0 aliphatic heterocycles. The second-order valence-corrected chi connectivity index (χ2v) is 5.47. The molecule has 0 radical (unpaired) electrons. The highest BCUT2D eigenvalue weighted by Gasteiger charge is 2.25. The molecule has 0 saturated carbocycles. The van der Waals surface area contributed by atoms with Crippen molar-refractivity contribution in [2.45, 2.75) is 31.6 Å². The highest BCUT2D eigenvalue weighted by atomic mass is 16.2. The summed E-state index contributed by atoms with van der Waals surface area (Å²) in [6.07, 6.45) is 3.35. The molecule has 4 heteroatoms. The number of nitrogens with zero attached hydrogens (tertiary/aromatic N) is 1. The summed E-state index contributed by atoms with van der Waals surface area (Å²) in [6, 6.07) is 8.16. The number of fused-ring (bicyclic) bond motifs is 1. The van der Waals surface area contributed by atoms with Gasteiger partial charge in [-0.05, 0) is 30.4 Å². The lowest BCUT2D eigenvalue weighted by Gasteiger charge is -2.24. The summed E-state index contributed by atoms with van der Waals surface area (Å²) in [5, 5.41) is 2.89. The van der Waals surface area contributed by atoms with E-state index >= 15 is 0 Å². The third-order valence-electron chi connectivity index (χ3n) is 3.82. The Morgan fingerprint density at radius 1 is 1.30 bits per heavy atom. The van der Waals surface area contributed by atoms with Crippen LogP contribution in [0.4, 0.5) is 0 Å². The minimum Gasteiger partial charge on any atom is -0.355 e. The lowest BCUT2D eigenvalue weighted by atomic mass is 9.82. The molecule has 1 aromatic carbocycles. The van der Waals surface area contributed by atoms with Gasteiger partial charge < -0.3 is 10.2 Å². The van der Waals surface area contributed by atoms with Crippen LogP contribution in [-0.4, -0.2) is 37.4 Å². The first kappa shape index (κ1) is 14.6. The largest absolute Gasteiger partial charge is 0.355 e. The van der Waals surface area contributed by atoms with E-state index in [0.717, 1.165) is 24.8 Å². The minimum absolute atomic E-state index is 0.0364. The quantitative estimate of drug-likeness (QED) is 0.908. The molecule has 1 unspecified atom stereocenters.